The van der Waals surface area contributed by atoms with E-state index in [1.165, 1.54) is 0 Å². The van der Waals surface area contributed by atoms with Crippen molar-refractivity contribution < 1.29 is 14.7 Å². The lowest BCUT2D eigenvalue weighted by Gasteiger charge is -1.98. The summed E-state index contributed by atoms with van der Waals surface area (Å²) in [5, 5.41) is 11.9. The molecule has 0 aromatic rings. The van der Waals surface area contributed by atoms with Crippen molar-refractivity contribution in [3.63, 3.8) is 0 Å². The molecule has 0 radical (unpaired) electrons. The Morgan fingerprint density at radius 3 is 2.75 bits per heavy atom. The van der Waals surface area contributed by atoms with E-state index in [0.717, 1.165) is 0 Å². The fourth-order valence-electron chi connectivity index (χ4n) is 0.233. The van der Waals surface area contributed by atoms with Crippen molar-refractivity contribution in [3.8, 4) is 0 Å². The third-order valence-electron chi connectivity index (χ3n) is 0.497. The molecule has 4 heteroatoms. The summed E-state index contributed by atoms with van der Waals surface area (Å²) < 4.78 is 0. The molecule has 0 aromatic heterocycles. The van der Waals surface area contributed by atoms with Crippen LogP contribution >= 0.6 is 0 Å². The second-order valence-corrected chi connectivity index (χ2v) is 1.17. The molecule has 0 heterocycles. The van der Waals surface area contributed by atoms with Crippen LogP contribution in [0.3, 0.4) is 0 Å². The van der Waals surface area contributed by atoms with Crippen molar-refractivity contribution in [1.29, 1.82) is 0 Å². The molecule has 46 valence electrons. The molecule has 0 bridgehead atoms. The lowest BCUT2D eigenvalue weighted by molar-refractivity contribution is -0.304. The number of hydrogen-bond acceptors (Lipinski definition) is 4. The average Bonchev–Trinajstić information content (AvgIpc) is 1.66. The number of rotatable bonds is 4. The van der Waals surface area contributed by atoms with Crippen molar-refractivity contribution in [3.05, 3.63) is 0 Å². The number of aliphatic carboxylic acids is 1. The first kappa shape index (κ1) is 7.10. The van der Waals surface area contributed by atoms with E-state index in [0.29, 0.717) is 6.29 Å². The summed E-state index contributed by atoms with van der Waals surface area (Å²) in [4.78, 5) is 19.1. The van der Waals surface area contributed by atoms with Crippen LogP contribution in [0.5, 0.6) is 0 Å². The smallest absolute Gasteiger partial charge is 0.133 e. The van der Waals surface area contributed by atoms with E-state index in [9.17, 15) is 14.7 Å². The second kappa shape index (κ2) is 4.26. The van der Waals surface area contributed by atoms with Crippen LogP contribution in [0.25, 0.3) is 0 Å². The summed E-state index contributed by atoms with van der Waals surface area (Å²) in [5.41, 5.74) is 0. The van der Waals surface area contributed by atoms with Gasteiger partial charge in [-0.3, -0.25) is 0 Å². The minimum atomic E-state index is -1.20. The van der Waals surface area contributed by atoms with Crippen LogP contribution in [0.4, 0.5) is 0 Å². The summed E-state index contributed by atoms with van der Waals surface area (Å²) in [6, 6.07) is 0. The highest BCUT2D eigenvalue weighted by molar-refractivity contribution is 5.67. The third kappa shape index (κ3) is 5.10. The van der Waals surface area contributed by atoms with Crippen molar-refractivity contribution >= 4 is 12.3 Å². The first-order valence-corrected chi connectivity index (χ1v) is 2.11. The zero-order valence-electron chi connectivity index (χ0n) is 4.22. The zero-order valence-corrected chi connectivity index (χ0v) is 4.22. The Labute approximate surface area is 46.5 Å². The van der Waals surface area contributed by atoms with Gasteiger partial charge < -0.3 is 20.0 Å². The van der Waals surface area contributed by atoms with Crippen molar-refractivity contribution in [2.45, 2.75) is 0 Å². The summed E-state index contributed by atoms with van der Waals surface area (Å²) in [7, 11) is 0. The first-order chi connectivity index (χ1) is 3.77. The van der Waals surface area contributed by atoms with Crippen molar-refractivity contribution in [1.82, 2.24) is 5.32 Å². The minimum absolute atomic E-state index is 0.0635. The zero-order chi connectivity index (χ0) is 6.41. The largest absolute Gasteiger partial charge is 0.549 e. The fraction of sp³-hybridized carbons (Fsp3) is 0.500. The summed E-state index contributed by atoms with van der Waals surface area (Å²) in [5.74, 6) is -1.20. The predicted octanol–water partition coefficient (Wildman–Crippen LogP) is -2.48. The van der Waals surface area contributed by atoms with Gasteiger partial charge in [0.1, 0.15) is 6.29 Å². The van der Waals surface area contributed by atoms with Gasteiger partial charge in [0.25, 0.3) is 0 Å². The standard InChI is InChI=1S/C4H7NO3/c6-2-1-5-3-4(7)8/h2,5H,1,3H2,(H,7,8)/p-1. The van der Waals surface area contributed by atoms with Crippen LogP contribution in [0.2, 0.25) is 0 Å². The van der Waals surface area contributed by atoms with Gasteiger partial charge in [-0.2, -0.15) is 0 Å². The van der Waals surface area contributed by atoms with Crippen molar-refractivity contribution in [2.24, 2.45) is 0 Å². The van der Waals surface area contributed by atoms with E-state index in [1.54, 1.807) is 0 Å². The van der Waals surface area contributed by atoms with Crippen molar-refractivity contribution in [2.75, 3.05) is 13.1 Å². The molecular weight excluding hydrogens is 110 g/mol. The van der Waals surface area contributed by atoms with E-state index in [2.05, 4.69) is 5.32 Å². The highest BCUT2D eigenvalue weighted by Gasteiger charge is 1.81. The van der Waals surface area contributed by atoms with E-state index in [1.807, 2.05) is 0 Å². The predicted molar refractivity (Wildman–Crippen MR) is 23.9 cm³/mol. The number of carbonyl (C=O) groups excluding carboxylic acids is 2. The molecule has 0 atom stereocenters. The number of hydrogen-bond donors (Lipinski definition) is 1. The van der Waals surface area contributed by atoms with Crippen LogP contribution in [0.1, 0.15) is 0 Å². The van der Waals surface area contributed by atoms with Gasteiger partial charge in [-0.25, -0.2) is 0 Å². The van der Waals surface area contributed by atoms with Crippen LogP contribution in [-0.2, 0) is 9.59 Å². The Bertz CT molecular complexity index is 91.3. The number of nitrogens with one attached hydrogen (secondary N) is 1. The SMILES string of the molecule is O=CCNCC(=O)[O-]. The molecule has 0 aliphatic heterocycles. The Kier molecular flexibility index (Phi) is 3.78. The summed E-state index contributed by atoms with van der Waals surface area (Å²) in [6.45, 7) is -0.202. The van der Waals surface area contributed by atoms with Gasteiger partial charge in [-0.15, -0.1) is 0 Å². The first-order valence-electron chi connectivity index (χ1n) is 2.11. The molecule has 0 saturated carbocycles. The van der Waals surface area contributed by atoms with Gasteiger partial charge in [0, 0.05) is 6.54 Å². The maximum absolute atomic E-state index is 9.58. The molecule has 0 unspecified atom stereocenters. The Hall–Kier alpha value is -0.900. The van der Waals surface area contributed by atoms with Gasteiger partial charge in [-0.05, 0) is 0 Å². The topological polar surface area (TPSA) is 69.2 Å². The quantitative estimate of drug-likeness (QED) is 0.326. The monoisotopic (exact) mass is 116 g/mol. The molecular formula is C4H6NO3-. The van der Waals surface area contributed by atoms with Gasteiger partial charge in [0.05, 0.1) is 12.5 Å². The summed E-state index contributed by atoms with van der Waals surface area (Å²) in [6.07, 6.45) is 0.586. The van der Waals surface area contributed by atoms with E-state index < -0.39 is 5.97 Å². The fourth-order valence-corrected chi connectivity index (χ4v) is 0.233. The number of carboxylic acid groups (broad SMARTS) is 1. The number of carboxylic acids is 1. The summed E-state index contributed by atoms with van der Waals surface area (Å²) >= 11 is 0. The van der Waals surface area contributed by atoms with Crippen LogP contribution in [0.15, 0.2) is 0 Å². The normalized spacial score (nSPS) is 8.50. The Morgan fingerprint density at radius 2 is 2.38 bits per heavy atom. The number of carbonyl (C=O) groups is 2. The molecule has 0 saturated heterocycles. The minimum Gasteiger partial charge on any atom is -0.549 e. The van der Waals surface area contributed by atoms with Gasteiger partial charge in [-0.1, -0.05) is 0 Å². The third-order valence-corrected chi connectivity index (χ3v) is 0.497. The highest BCUT2D eigenvalue weighted by Crippen LogP contribution is 1.50. The molecule has 0 amide bonds. The molecule has 8 heavy (non-hydrogen) atoms. The average molecular weight is 116 g/mol. The molecule has 0 rings (SSSR count). The molecule has 0 aliphatic rings. The van der Waals surface area contributed by atoms with Gasteiger partial charge >= 0.3 is 0 Å². The second-order valence-electron chi connectivity index (χ2n) is 1.17. The number of aldehydes is 1. The van der Waals surface area contributed by atoms with E-state index in [4.69, 9.17) is 0 Å². The molecule has 0 fully saturated rings. The lowest BCUT2D eigenvalue weighted by atomic mass is 10.6. The van der Waals surface area contributed by atoms with Crippen LogP contribution in [-0.4, -0.2) is 25.3 Å². The van der Waals surface area contributed by atoms with Crippen LogP contribution < -0.4 is 10.4 Å². The maximum atomic E-state index is 9.58. The van der Waals surface area contributed by atoms with Crippen LogP contribution in [0, 0.1) is 0 Å². The van der Waals surface area contributed by atoms with E-state index >= 15 is 0 Å². The molecule has 4 nitrogen and oxygen atoms in total. The Morgan fingerprint density at radius 1 is 1.75 bits per heavy atom. The maximum Gasteiger partial charge on any atom is 0.133 e. The van der Waals surface area contributed by atoms with E-state index in [-0.39, 0.29) is 13.1 Å². The lowest BCUT2D eigenvalue weighted by Crippen LogP contribution is -2.35. The molecule has 0 aliphatic carbocycles. The molecule has 0 spiro atoms. The van der Waals surface area contributed by atoms with Gasteiger partial charge in [0.15, 0.2) is 0 Å². The molecule has 1 N–H and O–H groups in total. The molecule has 0 aromatic carbocycles. The Balaban J connectivity index is 2.93. The van der Waals surface area contributed by atoms with Gasteiger partial charge in [0.2, 0.25) is 0 Å². The highest BCUT2D eigenvalue weighted by atomic mass is 16.4.